The summed E-state index contributed by atoms with van der Waals surface area (Å²) in [6.07, 6.45) is -4.32. The number of methoxy groups -OCH3 is 1. The molecular formula is C27H35IO11. The van der Waals surface area contributed by atoms with Crippen molar-refractivity contribution < 1.29 is 52.3 Å². The van der Waals surface area contributed by atoms with Gasteiger partial charge < -0.3 is 33.2 Å². The summed E-state index contributed by atoms with van der Waals surface area (Å²) in [5.41, 5.74) is -2.90. The smallest absolute Gasteiger partial charge is 0.312 e. The van der Waals surface area contributed by atoms with Crippen molar-refractivity contribution in [1.82, 2.24) is 0 Å². The van der Waals surface area contributed by atoms with Crippen molar-refractivity contribution in [2.24, 2.45) is 17.3 Å². The molecule has 5 fully saturated rings. The minimum atomic E-state index is -1.48. The zero-order chi connectivity index (χ0) is 28.7. The van der Waals surface area contributed by atoms with Gasteiger partial charge >= 0.3 is 23.9 Å². The van der Waals surface area contributed by atoms with Crippen LogP contribution in [0.3, 0.4) is 0 Å². The predicted molar refractivity (Wildman–Crippen MR) is 141 cm³/mol. The maximum absolute atomic E-state index is 13.3. The third-order valence-corrected chi connectivity index (χ3v) is 10.7. The molecule has 0 aromatic carbocycles. The Balaban J connectivity index is 1.83. The molecule has 5 rings (SSSR count). The van der Waals surface area contributed by atoms with E-state index in [0.29, 0.717) is 25.0 Å². The first kappa shape index (κ1) is 28.7. The number of carbonyl (C=O) groups excluding carboxylic acids is 4. The first-order chi connectivity index (χ1) is 18.2. The summed E-state index contributed by atoms with van der Waals surface area (Å²) >= 11 is 2.18. The van der Waals surface area contributed by atoms with Gasteiger partial charge in [-0.1, -0.05) is 36.1 Å². The highest BCUT2D eigenvalue weighted by atomic mass is 127. The average molecular weight is 662 g/mol. The van der Waals surface area contributed by atoms with Gasteiger partial charge in [0.2, 0.25) is 0 Å². The van der Waals surface area contributed by atoms with E-state index >= 15 is 0 Å². The number of hydrogen-bond donors (Lipinski definition) is 0. The van der Waals surface area contributed by atoms with Crippen molar-refractivity contribution in [3.05, 3.63) is 12.2 Å². The Morgan fingerprint density at radius 2 is 1.64 bits per heavy atom. The molecule has 0 amide bonds. The molecule has 39 heavy (non-hydrogen) atoms. The zero-order valence-electron chi connectivity index (χ0n) is 22.9. The largest absolute Gasteiger partial charge is 0.462 e. The van der Waals surface area contributed by atoms with Crippen LogP contribution in [0.2, 0.25) is 0 Å². The molecule has 12 heteroatoms. The van der Waals surface area contributed by atoms with Gasteiger partial charge in [0.1, 0.15) is 24.4 Å². The summed E-state index contributed by atoms with van der Waals surface area (Å²) in [6, 6.07) is 0. The first-order valence-corrected chi connectivity index (χ1v) is 14.4. The van der Waals surface area contributed by atoms with Crippen molar-refractivity contribution in [3.8, 4) is 0 Å². The highest BCUT2D eigenvalue weighted by Crippen LogP contribution is 2.65. The summed E-state index contributed by atoms with van der Waals surface area (Å²) in [6.45, 7) is 12.1. The highest BCUT2D eigenvalue weighted by Gasteiger charge is 2.79. The Labute approximate surface area is 240 Å². The molecule has 4 heterocycles. The Hall–Kier alpha value is -1.77. The van der Waals surface area contributed by atoms with Crippen molar-refractivity contribution in [3.63, 3.8) is 0 Å². The molecule has 2 bridgehead atoms. The van der Waals surface area contributed by atoms with Crippen LogP contribution in [-0.4, -0.2) is 89.3 Å². The quantitative estimate of drug-likeness (QED) is 0.109. The summed E-state index contributed by atoms with van der Waals surface area (Å²) < 4.78 is 42.4. The molecule has 2 spiro atoms. The van der Waals surface area contributed by atoms with E-state index < -0.39 is 92.9 Å². The fraction of sp³-hybridized carbons (Fsp3) is 0.778. The van der Waals surface area contributed by atoms with Crippen molar-refractivity contribution in [2.75, 3.05) is 13.7 Å². The minimum absolute atomic E-state index is 0.351. The van der Waals surface area contributed by atoms with Crippen LogP contribution in [0, 0.1) is 17.3 Å². The number of rotatable bonds is 4. The first-order valence-electron chi connectivity index (χ1n) is 13.1. The number of halogens is 1. The van der Waals surface area contributed by atoms with Gasteiger partial charge in [0.25, 0.3) is 0 Å². The fourth-order valence-electron chi connectivity index (χ4n) is 7.74. The standard InChI is InChI=1S/C27H35IO11/c1-11-18-17(28)21(36-14(4)30)25(6)16(35-13(3)29)8-9-26(10-34-26)20(25)23(37-15(5)31)27(39-18)12(2)24(32)38-22(27)19(11)33-7/h12,16-23H,1,8-10H2,2-7H3/t12-,16-,17+,18+,19-,20+,21-,22-,23-,25-,26-,27-/m0/s1. The maximum atomic E-state index is 13.3. The second-order valence-electron chi connectivity index (χ2n) is 11.5. The third kappa shape index (κ3) is 4.06. The molecule has 0 aromatic rings. The van der Waals surface area contributed by atoms with Crippen LogP contribution in [0.1, 0.15) is 47.5 Å². The maximum Gasteiger partial charge on any atom is 0.312 e. The van der Waals surface area contributed by atoms with E-state index in [-0.39, 0.29) is 0 Å². The van der Waals surface area contributed by atoms with Gasteiger partial charge in [0.05, 0.1) is 33.6 Å². The van der Waals surface area contributed by atoms with Crippen LogP contribution in [-0.2, 0) is 52.3 Å². The molecule has 12 atom stereocenters. The van der Waals surface area contributed by atoms with Gasteiger partial charge in [0.15, 0.2) is 11.7 Å². The van der Waals surface area contributed by atoms with Crippen molar-refractivity contribution >= 4 is 46.5 Å². The van der Waals surface area contributed by atoms with Crippen molar-refractivity contribution in [1.29, 1.82) is 0 Å². The van der Waals surface area contributed by atoms with E-state index in [1.807, 2.05) is 6.92 Å². The summed E-state index contributed by atoms with van der Waals surface area (Å²) in [5, 5.41) is 0. The highest BCUT2D eigenvalue weighted by molar-refractivity contribution is 14.1. The lowest BCUT2D eigenvalue weighted by atomic mass is 9.51. The second-order valence-corrected chi connectivity index (χ2v) is 13.0. The van der Waals surface area contributed by atoms with Crippen LogP contribution >= 0.6 is 22.6 Å². The van der Waals surface area contributed by atoms with Crippen LogP contribution in [0.4, 0.5) is 0 Å². The van der Waals surface area contributed by atoms with Crippen LogP contribution in [0.5, 0.6) is 0 Å². The second kappa shape index (κ2) is 9.66. The van der Waals surface area contributed by atoms with Crippen LogP contribution in [0.15, 0.2) is 12.2 Å². The molecule has 216 valence electrons. The molecular weight excluding hydrogens is 627 g/mol. The van der Waals surface area contributed by atoms with Crippen LogP contribution < -0.4 is 0 Å². The molecule has 5 aliphatic rings. The van der Waals surface area contributed by atoms with E-state index in [1.54, 1.807) is 6.92 Å². The average Bonchev–Trinajstić information content (AvgIpc) is 3.57. The van der Waals surface area contributed by atoms with Gasteiger partial charge in [-0.25, -0.2) is 0 Å². The lowest BCUT2D eigenvalue weighted by Gasteiger charge is -2.62. The summed E-state index contributed by atoms with van der Waals surface area (Å²) in [4.78, 5) is 51.0. The topological polar surface area (TPSA) is 136 Å². The van der Waals surface area contributed by atoms with E-state index in [4.69, 9.17) is 33.2 Å². The lowest BCUT2D eigenvalue weighted by molar-refractivity contribution is -0.295. The number of ether oxygens (including phenoxy) is 7. The van der Waals surface area contributed by atoms with Gasteiger partial charge in [-0.15, -0.1) is 0 Å². The summed E-state index contributed by atoms with van der Waals surface area (Å²) in [7, 11) is 1.49. The van der Waals surface area contributed by atoms with E-state index in [1.165, 1.54) is 27.9 Å². The number of fused-ring (bicyclic) bond motifs is 3. The summed E-state index contributed by atoms with van der Waals surface area (Å²) in [5.74, 6) is -3.71. The Morgan fingerprint density at radius 1 is 1.05 bits per heavy atom. The number of esters is 4. The Kier molecular flexibility index (Phi) is 7.12. The molecule has 0 N–H and O–H groups in total. The van der Waals surface area contributed by atoms with Gasteiger partial charge in [0, 0.05) is 33.8 Å². The molecule has 4 aliphatic heterocycles. The van der Waals surface area contributed by atoms with E-state index in [2.05, 4.69) is 29.2 Å². The van der Waals surface area contributed by atoms with Crippen molar-refractivity contribution in [2.45, 2.75) is 99.2 Å². The normalized spacial score (nSPS) is 48.1. The molecule has 0 unspecified atom stereocenters. The molecule has 1 aliphatic carbocycles. The van der Waals surface area contributed by atoms with Gasteiger partial charge in [-0.3, -0.25) is 19.2 Å². The number of epoxide rings is 1. The zero-order valence-corrected chi connectivity index (χ0v) is 25.1. The van der Waals surface area contributed by atoms with Gasteiger partial charge in [-0.05, 0) is 25.3 Å². The Bertz CT molecular complexity index is 1100. The number of carbonyl (C=O) groups is 4. The Morgan fingerprint density at radius 3 is 2.18 bits per heavy atom. The minimum Gasteiger partial charge on any atom is -0.462 e. The fourth-order valence-corrected chi connectivity index (χ4v) is 9.27. The molecule has 0 radical (unpaired) electrons. The van der Waals surface area contributed by atoms with Crippen LogP contribution in [0.25, 0.3) is 0 Å². The molecule has 11 nitrogen and oxygen atoms in total. The lowest BCUT2D eigenvalue weighted by Crippen LogP contribution is -2.76. The number of hydrogen-bond acceptors (Lipinski definition) is 11. The molecule has 4 saturated heterocycles. The monoisotopic (exact) mass is 662 g/mol. The third-order valence-electron chi connectivity index (χ3n) is 9.42. The SMILES string of the molecule is C=C1[C@H]2O[C@]3([C@@H](C)C(=O)O[C@H]3[C@H]1OC)[C@@H](OC(C)=O)[C@H]1[C@]3(CC[C@H](OC(C)=O)[C@]1(C)[C@@H](OC(C)=O)[C@@H]2I)CO3. The number of alkyl halides is 1. The molecule has 0 aromatic heterocycles. The predicted octanol–water partition coefficient (Wildman–Crippen LogP) is 2.05. The van der Waals surface area contributed by atoms with Gasteiger partial charge in [-0.2, -0.15) is 0 Å². The van der Waals surface area contributed by atoms with E-state index in [0.717, 1.165) is 0 Å². The van der Waals surface area contributed by atoms with E-state index in [9.17, 15) is 19.2 Å². The molecule has 1 saturated carbocycles.